The van der Waals surface area contributed by atoms with Gasteiger partial charge >= 0.3 is 37.7 Å². The van der Waals surface area contributed by atoms with Gasteiger partial charge in [0.15, 0.2) is 0 Å². The maximum Gasteiger partial charge on any atom is 1.00 e. The van der Waals surface area contributed by atoms with E-state index in [2.05, 4.69) is 12.1 Å². The smallest absolute Gasteiger partial charge is 0.546 e. The van der Waals surface area contributed by atoms with Crippen molar-refractivity contribution >= 4 is 0 Å². The summed E-state index contributed by atoms with van der Waals surface area (Å²) in [5.41, 5.74) is 0.928. The molecule has 0 heterocycles. The van der Waals surface area contributed by atoms with Gasteiger partial charge in [0.1, 0.15) is 0 Å². The number of ether oxygens (including phenoxy) is 2. The molecule has 0 unspecified atom stereocenters. The molecule has 1 aromatic carbocycles. The fraction of sp³-hybridized carbons (Fsp3) is 0.333. The molecule has 0 fully saturated rings. The van der Waals surface area contributed by atoms with Gasteiger partial charge in [0.25, 0.3) is 0 Å². The van der Waals surface area contributed by atoms with Gasteiger partial charge in [-0.25, -0.2) is 0 Å². The van der Waals surface area contributed by atoms with E-state index in [1.807, 2.05) is 6.92 Å². The van der Waals surface area contributed by atoms with E-state index >= 15 is 0 Å². The molecule has 0 aliphatic rings. The Kier molecular flexibility index (Phi) is 8.84. The molecular weight excluding hydrogens is 154 g/mol. The molecule has 0 N–H and O–H groups in total. The Balaban J connectivity index is 0. The average Bonchev–Trinajstić information content (AvgIpc) is 2.05. The van der Waals surface area contributed by atoms with Crippen molar-refractivity contribution in [1.82, 2.24) is 0 Å². The van der Waals surface area contributed by atoms with Gasteiger partial charge in [0.2, 0.25) is 0 Å². The molecule has 0 saturated carbocycles. The second-order valence-corrected chi connectivity index (χ2v) is 2.12. The molecule has 2 nitrogen and oxygen atoms in total. The Labute approximate surface area is 103 Å². The standard InChI is InChI=1S/C9H10O2.2Li/c1-7-8(10-2)5-4-6-9(7)11-3;;/h4H,1-3H3;;/q-2;2*+1. The van der Waals surface area contributed by atoms with E-state index in [-0.39, 0.29) is 37.7 Å². The predicted molar refractivity (Wildman–Crippen MR) is 42.0 cm³/mol. The van der Waals surface area contributed by atoms with Crippen molar-refractivity contribution < 1.29 is 47.2 Å². The molecule has 13 heavy (non-hydrogen) atoms. The summed E-state index contributed by atoms with van der Waals surface area (Å²) in [6.07, 6.45) is 0. The first-order valence-corrected chi connectivity index (χ1v) is 3.30. The van der Waals surface area contributed by atoms with E-state index in [0.29, 0.717) is 11.5 Å². The first-order valence-electron chi connectivity index (χ1n) is 3.30. The maximum atomic E-state index is 5.03. The number of rotatable bonds is 2. The zero-order valence-corrected chi connectivity index (χ0v) is 8.89. The molecule has 0 aliphatic heterocycles. The molecule has 0 spiro atoms. The number of hydrogen-bond acceptors (Lipinski definition) is 2. The molecule has 4 heteroatoms. The summed E-state index contributed by atoms with van der Waals surface area (Å²) in [5, 5.41) is 0. The Hall–Kier alpha value is 0.0148. The predicted octanol–water partition coefficient (Wildman–Crippen LogP) is -4.38. The SMILES string of the molecule is COc1[c-]c[c-]c(OC)c1C.[Li+].[Li+]. The van der Waals surface area contributed by atoms with Crippen LogP contribution in [0.15, 0.2) is 6.07 Å². The zero-order chi connectivity index (χ0) is 8.27. The summed E-state index contributed by atoms with van der Waals surface area (Å²) in [6.45, 7) is 1.91. The van der Waals surface area contributed by atoms with E-state index in [0.717, 1.165) is 5.56 Å². The molecule has 1 rings (SSSR count). The fourth-order valence-corrected chi connectivity index (χ4v) is 0.911. The van der Waals surface area contributed by atoms with E-state index in [1.165, 1.54) is 0 Å². The third kappa shape index (κ3) is 3.71. The Morgan fingerprint density at radius 1 is 1.00 bits per heavy atom. The van der Waals surface area contributed by atoms with Crippen molar-refractivity contribution in [3.8, 4) is 11.5 Å². The Morgan fingerprint density at radius 2 is 1.38 bits per heavy atom. The van der Waals surface area contributed by atoms with Crippen LogP contribution in [0.25, 0.3) is 0 Å². The van der Waals surface area contributed by atoms with E-state index in [1.54, 1.807) is 20.3 Å². The van der Waals surface area contributed by atoms with Crippen LogP contribution in [0.3, 0.4) is 0 Å². The van der Waals surface area contributed by atoms with Gasteiger partial charge < -0.3 is 27.7 Å². The van der Waals surface area contributed by atoms with Crippen molar-refractivity contribution in [3.05, 3.63) is 23.8 Å². The van der Waals surface area contributed by atoms with Crippen molar-refractivity contribution in [2.24, 2.45) is 0 Å². The zero-order valence-electron chi connectivity index (χ0n) is 8.89. The molecule has 0 radical (unpaired) electrons. The summed E-state index contributed by atoms with van der Waals surface area (Å²) < 4.78 is 10.1. The van der Waals surface area contributed by atoms with Gasteiger partial charge in [-0.1, -0.05) is 0 Å². The summed E-state index contributed by atoms with van der Waals surface area (Å²) in [5.74, 6) is 1.42. The quantitative estimate of drug-likeness (QED) is 0.325. The van der Waals surface area contributed by atoms with Crippen LogP contribution in [0.5, 0.6) is 11.5 Å². The summed E-state index contributed by atoms with van der Waals surface area (Å²) in [6, 6.07) is 7.46. The molecule has 0 saturated heterocycles. The van der Waals surface area contributed by atoms with Crippen LogP contribution in [0, 0.1) is 19.1 Å². The first kappa shape index (κ1) is 15.5. The molecule has 0 aliphatic carbocycles. The number of benzene rings is 1. The van der Waals surface area contributed by atoms with E-state index < -0.39 is 0 Å². The van der Waals surface area contributed by atoms with E-state index in [9.17, 15) is 0 Å². The topological polar surface area (TPSA) is 18.5 Å². The fourth-order valence-electron chi connectivity index (χ4n) is 0.911. The molecule has 1 aromatic rings. The van der Waals surface area contributed by atoms with Crippen LogP contribution in [-0.2, 0) is 0 Å². The van der Waals surface area contributed by atoms with Crippen LogP contribution in [-0.4, -0.2) is 14.2 Å². The molecule has 0 amide bonds. The molecule has 0 aromatic heterocycles. The molecule has 60 valence electrons. The Morgan fingerprint density at radius 3 is 1.69 bits per heavy atom. The third-order valence-electron chi connectivity index (χ3n) is 1.50. The van der Waals surface area contributed by atoms with Crippen LogP contribution >= 0.6 is 0 Å². The molecular formula is C9H10Li2O2. The van der Waals surface area contributed by atoms with Gasteiger partial charge in [0.05, 0.1) is 14.2 Å². The molecule has 0 atom stereocenters. The third-order valence-corrected chi connectivity index (χ3v) is 1.50. The second kappa shape index (κ2) is 7.42. The Bertz CT molecular complexity index is 229. The van der Waals surface area contributed by atoms with Crippen LogP contribution in [0.1, 0.15) is 5.56 Å². The summed E-state index contributed by atoms with van der Waals surface area (Å²) in [7, 11) is 3.22. The normalized spacial score (nSPS) is 7.92. The summed E-state index contributed by atoms with van der Waals surface area (Å²) >= 11 is 0. The van der Waals surface area contributed by atoms with Gasteiger partial charge in [-0.3, -0.25) is 0 Å². The van der Waals surface area contributed by atoms with E-state index in [4.69, 9.17) is 9.47 Å². The van der Waals surface area contributed by atoms with Crippen molar-refractivity contribution in [2.45, 2.75) is 6.92 Å². The first-order chi connectivity index (χ1) is 5.29. The minimum atomic E-state index is 0. The van der Waals surface area contributed by atoms with Gasteiger partial charge in [-0.2, -0.15) is 5.56 Å². The van der Waals surface area contributed by atoms with Crippen molar-refractivity contribution in [3.63, 3.8) is 0 Å². The maximum absolute atomic E-state index is 5.03. The van der Waals surface area contributed by atoms with Crippen LogP contribution in [0.4, 0.5) is 0 Å². The van der Waals surface area contributed by atoms with Gasteiger partial charge in [-0.15, -0.1) is 18.4 Å². The minimum Gasteiger partial charge on any atom is -0.546 e. The van der Waals surface area contributed by atoms with Gasteiger partial charge in [-0.05, 0) is 0 Å². The monoisotopic (exact) mass is 164 g/mol. The number of hydrogen-bond donors (Lipinski definition) is 0. The largest absolute Gasteiger partial charge is 1.00 e. The van der Waals surface area contributed by atoms with Crippen LogP contribution < -0.4 is 47.2 Å². The second-order valence-electron chi connectivity index (χ2n) is 2.12. The minimum absolute atomic E-state index is 0. The van der Waals surface area contributed by atoms with Crippen molar-refractivity contribution in [1.29, 1.82) is 0 Å². The number of methoxy groups -OCH3 is 2. The van der Waals surface area contributed by atoms with Gasteiger partial charge in [0, 0.05) is 0 Å². The van der Waals surface area contributed by atoms with Crippen LogP contribution in [0.2, 0.25) is 0 Å². The average molecular weight is 164 g/mol. The summed E-state index contributed by atoms with van der Waals surface area (Å²) in [4.78, 5) is 0. The van der Waals surface area contributed by atoms with Crippen molar-refractivity contribution in [2.75, 3.05) is 14.2 Å². The molecule has 0 bridgehead atoms.